The van der Waals surface area contributed by atoms with E-state index in [0.29, 0.717) is 29.1 Å². The molecule has 0 saturated carbocycles. The van der Waals surface area contributed by atoms with E-state index in [1.807, 2.05) is 0 Å². The number of aliphatic carboxylic acids is 1. The molecule has 3 rings (SSSR count). The number of aliphatic hydroxyl groups is 1. The summed E-state index contributed by atoms with van der Waals surface area (Å²) in [6, 6.07) is 14.4. The van der Waals surface area contributed by atoms with E-state index in [4.69, 9.17) is 24.4 Å². The van der Waals surface area contributed by atoms with E-state index in [9.17, 15) is 24.9 Å². The van der Waals surface area contributed by atoms with Crippen molar-refractivity contribution in [2.75, 3.05) is 27.9 Å². The van der Waals surface area contributed by atoms with Crippen LogP contribution in [0.2, 0.25) is 0 Å². The van der Waals surface area contributed by atoms with Gasteiger partial charge in [0.25, 0.3) is 0 Å². The van der Waals surface area contributed by atoms with E-state index >= 15 is 0 Å². The quantitative estimate of drug-likeness (QED) is 0.137. The summed E-state index contributed by atoms with van der Waals surface area (Å²) in [6.07, 6.45) is 9.52. The minimum absolute atomic E-state index is 0. The Morgan fingerprint density at radius 3 is 1.37 bits per heavy atom. The molecule has 0 aliphatic rings. The van der Waals surface area contributed by atoms with Crippen LogP contribution in [0.3, 0.4) is 0 Å². The maximum Gasteiger partial charge on any atom is 0.328 e. The van der Waals surface area contributed by atoms with Gasteiger partial charge in [0.1, 0.15) is 6.29 Å². The minimum Gasteiger partial charge on any atom is -0.504 e. The highest BCUT2D eigenvalue weighted by atomic mass is 16.5. The third kappa shape index (κ3) is 16.0. The molecule has 0 heterocycles. The Morgan fingerprint density at radius 1 is 0.674 bits per heavy atom. The minimum atomic E-state index is -1.02. The normalized spacial score (nSPS) is 9.67. The van der Waals surface area contributed by atoms with Crippen molar-refractivity contribution in [2.45, 2.75) is 22.3 Å². The average Bonchev–Trinajstić information content (AvgIpc) is 2.96. The summed E-state index contributed by atoms with van der Waals surface area (Å²) in [5.41, 5.74) is 2.34. The molecule has 0 aliphatic carbocycles. The number of carbonyl (C=O) groups excluding carboxylic acids is 1. The lowest BCUT2D eigenvalue weighted by Gasteiger charge is -2.03. The maximum absolute atomic E-state index is 10.2. The molecule has 10 heteroatoms. The third-order valence-corrected chi connectivity index (χ3v) is 4.81. The van der Waals surface area contributed by atoms with Crippen LogP contribution in [-0.4, -0.2) is 65.7 Å². The van der Waals surface area contributed by atoms with Gasteiger partial charge in [0, 0.05) is 6.08 Å². The second kappa shape index (κ2) is 23.5. The molecule has 5 N–H and O–H groups in total. The van der Waals surface area contributed by atoms with Crippen LogP contribution in [0.4, 0.5) is 0 Å². The monoisotopic (exact) mass is 600 g/mol. The smallest absolute Gasteiger partial charge is 0.328 e. The SMILES string of the molecule is C.C.C.COc1cc(/C=C/C(=O)O)ccc1O.COc1cc(/C=C/C=O)ccc1O.COc1cc(/C=C/CO)ccc1O. The van der Waals surface area contributed by atoms with Crippen LogP contribution in [0.25, 0.3) is 18.2 Å². The first-order valence-corrected chi connectivity index (χ1v) is 11.6. The highest BCUT2D eigenvalue weighted by molar-refractivity contribution is 5.85. The Labute approximate surface area is 254 Å². The molecule has 0 aromatic heterocycles. The number of aldehydes is 1. The molecule has 0 fully saturated rings. The Kier molecular flexibility index (Phi) is 23.1. The van der Waals surface area contributed by atoms with Crippen LogP contribution in [-0.2, 0) is 9.59 Å². The average molecular weight is 601 g/mol. The number of benzene rings is 3. The van der Waals surface area contributed by atoms with E-state index in [-0.39, 0.29) is 46.1 Å². The van der Waals surface area contributed by atoms with Gasteiger partial charge in [-0.25, -0.2) is 4.79 Å². The van der Waals surface area contributed by atoms with Crippen molar-refractivity contribution in [2.24, 2.45) is 0 Å². The molecule has 0 atom stereocenters. The van der Waals surface area contributed by atoms with E-state index in [1.165, 1.54) is 45.6 Å². The van der Waals surface area contributed by atoms with Crippen molar-refractivity contribution in [1.82, 2.24) is 0 Å². The first-order valence-electron chi connectivity index (χ1n) is 11.6. The Balaban J connectivity index is -0.000000540. The third-order valence-electron chi connectivity index (χ3n) is 4.81. The topological polar surface area (TPSA) is 163 Å². The highest BCUT2D eigenvalue weighted by Crippen LogP contribution is 2.28. The van der Waals surface area contributed by atoms with Crippen LogP contribution in [0.5, 0.6) is 34.5 Å². The zero-order chi connectivity index (χ0) is 29.9. The van der Waals surface area contributed by atoms with E-state index in [2.05, 4.69) is 0 Å². The summed E-state index contributed by atoms with van der Waals surface area (Å²) in [4.78, 5) is 20.3. The lowest BCUT2D eigenvalue weighted by molar-refractivity contribution is -0.131. The highest BCUT2D eigenvalue weighted by Gasteiger charge is 2.01. The van der Waals surface area contributed by atoms with Crippen LogP contribution in [0.1, 0.15) is 39.0 Å². The molecular weight excluding hydrogens is 556 g/mol. The number of carbonyl (C=O) groups is 2. The predicted octanol–water partition coefficient (Wildman–Crippen LogP) is 6.43. The molecule has 43 heavy (non-hydrogen) atoms. The molecule has 0 radical (unpaired) electrons. The van der Waals surface area contributed by atoms with Gasteiger partial charge in [0.15, 0.2) is 34.5 Å². The molecule has 0 aliphatic heterocycles. The first kappa shape index (κ1) is 42.2. The molecule has 0 bridgehead atoms. The van der Waals surface area contributed by atoms with Gasteiger partial charge >= 0.3 is 5.97 Å². The zero-order valence-corrected chi connectivity index (χ0v) is 22.2. The molecule has 3 aromatic carbocycles. The molecule has 0 unspecified atom stereocenters. The number of aromatic hydroxyl groups is 3. The molecule has 0 spiro atoms. The number of carboxylic acids is 1. The second-order valence-electron chi connectivity index (χ2n) is 7.55. The number of phenols is 3. The standard InChI is InChI=1S/C10H10O4.C10H12O3.C10H10O3.3CH4/c1-14-9-6-7(2-4-8(9)11)3-5-10(12)13;2*1-13-10-7-8(3-2-6-11)4-5-9(10)12;;;/h2-6,11H,1H3,(H,12,13);2-5,7,11-12H,6H2,1H3;2-7,12H,1H3;3*1H4/b5-3+;2*3-2+;;;. The van der Waals surface area contributed by atoms with Gasteiger partial charge in [-0.3, -0.25) is 4.79 Å². The first-order chi connectivity index (χ1) is 19.2. The number of methoxy groups -OCH3 is 3. The summed E-state index contributed by atoms with van der Waals surface area (Å²) in [7, 11) is 4.40. The Bertz CT molecular complexity index is 1330. The van der Waals surface area contributed by atoms with Crippen LogP contribution in [0, 0.1) is 0 Å². The summed E-state index contributed by atoms with van der Waals surface area (Å²) < 4.78 is 14.7. The van der Waals surface area contributed by atoms with Gasteiger partial charge in [-0.1, -0.05) is 58.7 Å². The molecule has 10 nitrogen and oxygen atoms in total. The number of phenolic OH excluding ortho intramolecular Hbond substituents is 3. The number of rotatable bonds is 9. The van der Waals surface area contributed by atoms with Crippen LogP contribution < -0.4 is 14.2 Å². The summed E-state index contributed by atoms with van der Waals surface area (Å²) >= 11 is 0. The van der Waals surface area contributed by atoms with Gasteiger partial charge in [0.2, 0.25) is 0 Å². The molecule has 3 aromatic rings. The number of hydrogen-bond acceptors (Lipinski definition) is 9. The zero-order valence-electron chi connectivity index (χ0n) is 22.2. The van der Waals surface area contributed by atoms with Crippen LogP contribution >= 0.6 is 0 Å². The Hall–Kier alpha value is -5.22. The summed E-state index contributed by atoms with van der Waals surface area (Å²) in [5.74, 6) is 0.358. The largest absolute Gasteiger partial charge is 0.504 e. The molecule has 236 valence electrons. The van der Waals surface area contributed by atoms with Gasteiger partial charge < -0.3 is 39.7 Å². The van der Waals surface area contributed by atoms with Crippen molar-refractivity contribution in [1.29, 1.82) is 0 Å². The van der Waals surface area contributed by atoms with E-state index in [0.717, 1.165) is 17.2 Å². The fourth-order valence-electron chi connectivity index (χ4n) is 2.90. The summed E-state index contributed by atoms with van der Waals surface area (Å²) in [5, 5.41) is 44.7. The van der Waals surface area contributed by atoms with E-state index < -0.39 is 5.97 Å². The van der Waals surface area contributed by atoms with Crippen molar-refractivity contribution in [3.8, 4) is 34.5 Å². The number of ether oxygens (including phenoxy) is 3. The number of aliphatic hydroxyl groups excluding tert-OH is 1. The molecule has 0 saturated heterocycles. The van der Waals surface area contributed by atoms with Gasteiger partial charge in [-0.2, -0.15) is 0 Å². The van der Waals surface area contributed by atoms with Crippen molar-refractivity contribution < 1.29 is 49.3 Å². The number of hydrogen-bond donors (Lipinski definition) is 5. The van der Waals surface area contributed by atoms with Crippen molar-refractivity contribution in [3.63, 3.8) is 0 Å². The van der Waals surface area contributed by atoms with Crippen molar-refractivity contribution >= 4 is 30.5 Å². The van der Waals surface area contributed by atoms with Gasteiger partial charge in [-0.15, -0.1) is 0 Å². The fourth-order valence-corrected chi connectivity index (χ4v) is 2.90. The van der Waals surface area contributed by atoms with Crippen molar-refractivity contribution in [3.05, 3.63) is 89.5 Å². The van der Waals surface area contributed by atoms with Gasteiger partial charge in [0.05, 0.1) is 27.9 Å². The van der Waals surface area contributed by atoms with Gasteiger partial charge in [-0.05, 0) is 65.2 Å². The van der Waals surface area contributed by atoms with Crippen LogP contribution in [0.15, 0.2) is 72.8 Å². The Morgan fingerprint density at radius 2 is 1.05 bits per heavy atom. The number of allylic oxidation sites excluding steroid dienone is 1. The lowest BCUT2D eigenvalue weighted by atomic mass is 10.2. The molecular formula is C33H44O10. The maximum atomic E-state index is 10.2. The number of carboxylic acid groups (broad SMARTS) is 1. The summed E-state index contributed by atoms with van der Waals surface area (Å²) in [6.45, 7) is 0.00317. The fraction of sp³-hybridized carbons (Fsp3) is 0.212. The van der Waals surface area contributed by atoms with E-state index in [1.54, 1.807) is 60.7 Å². The molecule has 0 amide bonds. The predicted molar refractivity (Wildman–Crippen MR) is 172 cm³/mol. The second-order valence-corrected chi connectivity index (χ2v) is 7.55. The lowest BCUT2D eigenvalue weighted by Crippen LogP contribution is -1.87.